The molecule has 2 aromatic rings. The van der Waals surface area contributed by atoms with Gasteiger partial charge in [-0.2, -0.15) is 0 Å². The molecule has 0 unspecified atom stereocenters. The molecule has 0 N–H and O–H groups in total. The summed E-state index contributed by atoms with van der Waals surface area (Å²) >= 11 is 0. The summed E-state index contributed by atoms with van der Waals surface area (Å²) in [6, 6.07) is 17.2. The van der Waals surface area contributed by atoms with Crippen LogP contribution in [-0.4, -0.2) is 12.9 Å². The number of hydrogen-bond donors (Lipinski definition) is 0. The summed E-state index contributed by atoms with van der Waals surface area (Å²) in [5.41, 5.74) is 2.04. The molecular weight excluding hydrogens is 248 g/mol. The maximum atomic E-state index is 10.6. The largest absolute Gasteiger partial charge is 0.497 e. The highest BCUT2D eigenvalue weighted by Crippen LogP contribution is 2.09. The molecule has 0 fully saturated rings. The number of Topliss-reactive ketones (excluding diaryl/α,β-unsaturated/α-hetero) is 1. The van der Waals surface area contributed by atoms with Gasteiger partial charge in [0.2, 0.25) is 0 Å². The summed E-state index contributed by atoms with van der Waals surface area (Å²) in [5, 5.41) is 0. The van der Waals surface area contributed by atoms with Crippen LogP contribution in [0.25, 0.3) is 0 Å². The number of aryl methyl sites for hydroxylation is 1. The minimum Gasteiger partial charge on any atom is -0.497 e. The van der Waals surface area contributed by atoms with Crippen LogP contribution in [0.15, 0.2) is 54.6 Å². The maximum absolute atomic E-state index is 10.6. The number of carbonyl (C=O) groups excluding carboxylic acids is 1. The highest BCUT2D eigenvalue weighted by Gasteiger charge is 1.92. The van der Waals surface area contributed by atoms with Gasteiger partial charge in [0.1, 0.15) is 5.75 Å². The van der Waals surface area contributed by atoms with Gasteiger partial charge < -0.3 is 4.74 Å². The first kappa shape index (κ1) is 17.9. The zero-order valence-corrected chi connectivity index (χ0v) is 13.0. The highest BCUT2D eigenvalue weighted by molar-refractivity contribution is 5.93. The molecule has 0 saturated heterocycles. The molecule has 0 atom stereocenters. The van der Waals surface area contributed by atoms with Gasteiger partial charge in [-0.25, -0.2) is 0 Å². The second kappa shape index (κ2) is 10.8. The van der Waals surface area contributed by atoms with Crippen molar-refractivity contribution in [2.45, 2.75) is 27.7 Å². The number of ketones is 1. The fraction of sp³-hybridized carbons (Fsp3) is 0.278. The van der Waals surface area contributed by atoms with E-state index in [4.69, 9.17) is 4.74 Å². The van der Waals surface area contributed by atoms with Crippen LogP contribution in [0, 0.1) is 6.92 Å². The molecule has 0 spiro atoms. The van der Waals surface area contributed by atoms with Crippen molar-refractivity contribution in [1.29, 1.82) is 0 Å². The van der Waals surface area contributed by atoms with Crippen molar-refractivity contribution in [2.75, 3.05) is 7.11 Å². The minimum atomic E-state index is 0.121. The van der Waals surface area contributed by atoms with E-state index in [0.717, 1.165) is 11.3 Å². The lowest BCUT2D eigenvalue weighted by atomic mass is 10.2. The average molecular weight is 272 g/mol. The van der Waals surface area contributed by atoms with Gasteiger partial charge in [-0.1, -0.05) is 61.9 Å². The minimum absolute atomic E-state index is 0.121. The normalized spacial score (nSPS) is 8.45. The summed E-state index contributed by atoms with van der Waals surface area (Å²) < 4.78 is 4.97. The molecule has 0 radical (unpaired) electrons. The Kier molecular flexibility index (Phi) is 9.67. The second-order valence-electron chi connectivity index (χ2n) is 3.94. The molecule has 0 heterocycles. The van der Waals surface area contributed by atoms with Crippen LogP contribution in [0.4, 0.5) is 0 Å². The van der Waals surface area contributed by atoms with E-state index < -0.39 is 0 Å². The smallest absolute Gasteiger partial charge is 0.159 e. The number of carbonyl (C=O) groups is 1. The van der Waals surface area contributed by atoms with Crippen molar-refractivity contribution in [2.24, 2.45) is 0 Å². The second-order valence-corrected chi connectivity index (χ2v) is 3.94. The van der Waals surface area contributed by atoms with Gasteiger partial charge in [-0.3, -0.25) is 4.79 Å². The Hall–Kier alpha value is -2.09. The summed E-state index contributed by atoms with van der Waals surface area (Å²) in [7, 11) is 1.67. The van der Waals surface area contributed by atoms with E-state index in [1.807, 2.05) is 68.4 Å². The van der Waals surface area contributed by atoms with Gasteiger partial charge >= 0.3 is 0 Å². The molecule has 0 bridgehead atoms. The van der Waals surface area contributed by atoms with Gasteiger partial charge in [0.25, 0.3) is 0 Å². The van der Waals surface area contributed by atoms with Crippen molar-refractivity contribution in [3.63, 3.8) is 0 Å². The fourth-order valence-corrected chi connectivity index (χ4v) is 1.35. The number of rotatable bonds is 2. The molecule has 2 heteroatoms. The topological polar surface area (TPSA) is 26.3 Å². The van der Waals surface area contributed by atoms with Crippen LogP contribution >= 0.6 is 0 Å². The Morgan fingerprint density at radius 3 is 1.75 bits per heavy atom. The van der Waals surface area contributed by atoms with Crippen LogP contribution in [0.3, 0.4) is 0 Å². The molecule has 0 aliphatic heterocycles. The number of methoxy groups -OCH3 is 1. The Bertz CT molecular complexity index is 473. The van der Waals surface area contributed by atoms with E-state index in [9.17, 15) is 4.79 Å². The summed E-state index contributed by atoms with van der Waals surface area (Å²) in [5.74, 6) is 1.04. The SMILES string of the molecule is CC.CC(=O)c1ccccc1.COc1ccc(C)cc1. The van der Waals surface area contributed by atoms with Crippen LogP contribution in [-0.2, 0) is 0 Å². The van der Waals surface area contributed by atoms with Gasteiger partial charge in [0.05, 0.1) is 7.11 Å². The molecule has 0 saturated carbocycles. The van der Waals surface area contributed by atoms with Crippen molar-refractivity contribution in [1.82, 2.24) is 0 Å². The van der Waals surface area contributed by atoms with Crippen LogP contribution < -0.4 is 4.74 Å². The third-order valence-corrected chi connectivity index (χ3v) is 2.44. The lowest BCUT2D eigenvalue weighted by molar-refractivity contribution is 0.101. The lowest BCUT2D eigenvalue weighted by Gasteiger charge is -1.97. The Labute approximate surface area is 122 Å². The van der Waals surface area contributed by atoms with E-state index in [1.54, 1.807) is 14.0 Å². The molecule has 0 aliphatic carbocycles. The zero-order valence-electron chi connectivity index (χ0n) is 13.0. The van der Waals surface area contributed by atoms with Crippen LogP contribution in [0.2, 0.25) is 0 Å². The van der Waals surface area contributed by atoms with Crippen molar-refractivity contribution < 1.29 is 9.53 Å². The number of benzene rings is 2. The Morgan fingerprint density at radius 1 is 0.900 bits per heavy atom. The monoisotopic (exact) mass is 272 g/mol. The molecule has 0 aromatic heterocycles. The third kappa shape index (κ3) is 7.37. The number of hydrogen-bond acceptors (Lipinski definition) is 2. The van der Waals surface area contributed by atoms with Gasteiger partial charge in [-0.05, 0) is 26.0 Å². The highest BCUT2D eigenvalue weighted by atomic mass is 16.5. The van der Waals surface area contributed by atoms with Crippen molar-refractivity contribution in [3.8, 4) is 5.75 Å². The maximum Gasteiger partial charge on any atom is 0.159 e. The molecule has 20 heavy (non-hydrogen) atoms. The number of ether oxygens (including phenoxy) is 1. The predicted molar refractivity (Wildman–Crippen MR) is 85.5 cm³/mol. The molecule has 108 valence electrons. The van der Waals surface area contributed by atoms with Gasteiger partial charge in [0, 0.05) is 5.56 Å². The van der Waals surface area contributed by atoms with E-state index in [0.29, 0.717) is 0 Å². The quantitative estimate of drug-likeness (QED) is 0.725. The van der Waals surface area contributed by atoms with Crippen LogP contribution in [0.1, 0.15) is 36.7 Å². The predicted octanol–water partition coefficient (Wildman–Crippen LogP) is 4.92. The molecule has 2 aromatic carbocycles. The first-order valence-electron chi connectivity index (χ1n) is 6.80. The first-order chi connectivity index (χ1) is 9.63. The third-order valence-electron chi connectivity index (χ3n) is 2.44. The van der Waals surface area contributed by atoms with Gasteiger partial charge in [-0.15, -0.1) is 0 Å². The molecule has 0 aliphatic rings. The molecule has 2 nitrogen and oxygen atoms in total. The summed E-state index contributed by atoms with van der Waals surface area (Å²) in [6.07, 6.45) is 0. The van der Waals surface area contributed by atoms with E-state index >= 15 is 0 Å². The fourth-order valence-electron chi connectivity index (χ4n) is 1.35. The van der Waals surface area contributed by atoms with Crippen molar-refractivity contribution >= 4 is 5.78 Å². The van der Waals surface area contributed by atoms with Gasteiger partial charge in [0.15, 0.2) is 5.78 Å². The van der Waals surface area contributed by atoms with E-state index in [2.05, 4.69) is 6.92 Å². The lowest BCUT2D eigenvalue weighted by Crippen LogP contribution is -1.88. The molecular formula is C18H24O2. The zero-order chi connectivity index (χ0) is 15.4. The Morgan fingerprint density at radius 2 is 1.40 bits per heavy atom. The Balaban J connectivity index is 0.000000321. The molecule has 2 rings (SSSR count). The standard InChI is InChI=1S/C8H10O.C8H8O.C2H6/c1-7-3-5-8(9-2)6-4-7;1-7(9)8-5-3-2-4-6-8;1-2/h3-6H,1-2H3;2-6H,1H3;1-2H3. The first-order valence-corrected chi connectivity index (χ1v) is 6.80. The van der Waals surface area contributed by atoms with Crippen LogP contribution in [0.5, 0.6) is 5.75 Å². The van der Waals surface area contributed by atoms with E-state index in [1.165, 1.54) is 5.56 Å². The average Bonchev–Trinajstić information content (AvgIpc) is 2.51. The van der Waals surface area contributed by atoms with E-state index in [-0.39, 0.29) is 5.78 Å². The summed E-state index contributed by atoms with van der Waals surface area (Å²) in [6.45, 7) is 7.62. The summed E-state index contributed by atoms with van der Waals surface area (Å²) in [4.78, 5) is 10.6. The molecule has 0 amide bonds. The van der Waals surface area contributed by atoms with Crippen molar-refractivity contribution in [3.05, 3.63) is 65.7 Å².